The number of hydrogen-bond donors (Lipinski definition) is 0. The maximum Gasteiger partial charge on any atom is 0.348 e. The van der Waals surface area contributed by atoms with Gasteiger partial charge in [-0.1, -0.05) is 31.2 Å². The largest absolute Gasteiger partial charge is 0.460 e. The summed E-state index contributed by atoms with van der Waals surface area (Å²) in [5, 5.41) is 19.3. The molecular weight excluding hydrogens is 514 g/mol. The van der Waals surface area contributed by atoms with E-state index >= 15 is 0 Å². The molecule has 0 atom stereocenters. The minimum absolute atomic E-state index is 0.00568. The van der Waals surface area contributed by atoms with Crippen LogP contribution >= 0.6 is 0 Å². The van der Waals surface area contributed by atoms with Crippen molar-refractivity contribution in [1.29, 1.82) is 10.5 Å². The molecule has 41 heavy (non-hydrogen) atoms. The van der Waals surface area contributed by atoms with Crippen molar-refractivity contribution < 1.29 is 14.3 Å². The average Bonchev–Trinajstić information content (AvgIpc) is 3.00. The number of nitrogens with zero attached hydrogens (tertiary/aromatic N) is 5. The van der Waals surface area contributed by atoms with Crippen molar-refractivity contribution in [2.45, 2.75) is 41.0 Å². The van der Waals surface area contributed by atoms with Gasteiger partial charge in [-0.3, -0.25) is 4.79 Å². The molecule has 1 amide bonds. The molecule has 0 N–H and O–H groups in total. The van der Waals surface area contributed by atoms with E-state index in [4.69, 9.17) is 4.74 Å². The van der Waals surface area contributed by atoms with Crippen molar-refractivity contribution in [3.05, 3.63) is 70.8 Å². The Morgan fingerprint density at radius 2 is 1.15 bits per heavy atom. The molecule has 8 heteroatoms. The Balaban J connectivity index is 2.07. The van der Waals surface area contributed by atoms with Crippen LogP contribution in [0.25, 0.3) is 12.2 Å². The van der Waals surface area contributed by atoms with Crippen LogP contribution in [0.2, 0.25) is 0 Å². The zero-order chi connectivity index (χ0) is 30.2. The van der Waals surface area contributed by atoms with Crippen LogP contribution in [-0.4, -0.2) is 62.7 Å². The second kappa shape index (κ2) is 17.2. The molecule has 0 aliphatic heterocycles. The molecule has 0 radical (unpaired) electrons. The number of carbonyl (C=O) groups excluding carboxylic acids is 2. The second-order valence-corrected chi connectivity index (χ2v) is 9.30. The summed E-state index contributed by atoms with van der Waals surface area (Å²) in [4.78, 5) is 31.7. The highest BCUT2D eigenvalue weighted by atomic mass is 16.5. The quantitative estimate of drug-likeness (QED) is 0.158. The molecule has 216 valence electrons. The Morgan fingerprint density at radius 1 is 0.707 bits per heavy atom. The Hall–Kier alpha value is -4.56. The summed E-state index contributed by atoms with van der Waals surface area (Å²) >= 11 is 0. The highest BCUT2D eigenvalue weighted by Crippen LogP contribution is 2.19. The van der Waals surface area contributed by atoms with E-state index in [1.807, 2.05) is 67.6 Å². The maximum absolute atomic E-state index is 13.2. The van der Waals surface area contributed by atoms with Crippen LogP contribution in [0.1, 0.15) is 52.2 Å². The molecule has 0 heterocycles. The molecule has 0 spiro atoms. The molecule has 0 aliphatic carbocycles. The van der Waals surface area contributed by atoms with Crippen LogP contribution < -0.4 is 9.80 Å². The number of hydrogen-bond acceptors (Lipinski definition) is 7. The maximum atomic E-state index is 13.2. The molecule has 0 fully saturated rings. The minimum Gasteiger partial charge on any atom is -0.460 e. The number of nitriles is 2. The van der Waals surface area contributed by atoms with Crippen LogP contribution in [0.5, 0.6) is 0 Å². The standard InChI is InChI=1S/C33H41N5O3/c1-6-19-38(32(39)28(24-34)22-26-11-15-30(16-12-26)36(7-2)8-3)20-21-41-33(40)29(25-35)23-27-13-17-31(18-14-27)37(9-4)10-5/h11-18,22-23H,6-10,19-21H2,1-5H3/b28-22+,29-23+. The van der Waals surface area contributed by atoms with Crippen molar-refractivity contribution in [2.75, 3.05) is 55.7 Å². The van der Waals surface area contributed by atoms with Crippen molar-refractivity contribution in [3.8, 4) is 12.1 Å². The molecule has 0 unspecified atom stereocenters. The molecule has 2 aromatic rings. The predicted octanol–water partition coefficient (Wildman–Crippen LogP) is 5.67. The lowest BCUT2D eigenvalue weighted by molar-refractivity contribution is -0.140. The van der Waals surface area contributed by atoms with Crippen LogP contribution in [-0.2, 0) is 14.3 Å². The van der Waals surface area contributed by atoms with Crippen molar-refractivity contribution >= 4 is 35.4 Å². The highest BCUT2D eigenvalue weighted by molar-refractivity contribution is 6.02. The van der Waals surface area contributed by atoms with Crippen molar-refractivity contribution in [2.24, 2.45) is 0 Å². The summed E-state index contributed by atoms with van der Waals surface area (Å²) in [6.07, 6.45) is 3.74. The molecule has 0 saturated carbocycles. The molecule has 0 saturated heterocycles. The van der Waals surface area contributed by atoms with Gasteiger partial charge in [-0.25, -0.2) is 4.79 Å². The fourth-order valence-corrected chi connectivity index (χ4v) is 4.43. The first-order valence-corrected chi connectivity index (χ1v) is 14.2. The molecule has 0 aliphatic rings. The van der Waals surface area contributed by atoms with Gasteiger partial charge in [-0.05, 0) is 81.7 Å². The van der Waals surface area contributed by atoms with E-state index in [-0.39, 0.29) is 24.3 Å². The molecule has 2 aromatic carbocycles. The lowest BCUT2D eigenvalue weighted by Gasteiger charge is -2.22. The van der Waals surface area contributed by atoms with Crippen molar-refractivity contribution in [1.82, 2.24) is 4.90 Å². The number of anilines is 2. The third-order valence-electron chi connectivity index (χ3n) is 6.73. The van der Waals surface area contributed by atoms with Gasteiger partial charge >= 0.3 is 5.97 Å². The first-order chi connectivity index (χ1) is 19.8. The molecule has 8 nitrogen and oxygen atoms in total. The summed E-state index contributed by atoms with van der Waals surface area (Å²) in [6, 6.07) is 19.3. The van der Waals surface area contributed by atoms with Gasteiger partial charge in [-0.15, -0.1) is 0 Å². The third-order valence-corrected chi connectivity index (χ3v) is 6.73. The monoisotopic (exact) mass is 555 g/mol. The smallest absolute Gasteiger partial charge is 0.348 e. The fourth-order valence-electron chi connectivity index (χ4n) is 4.43. The predicted molar refractivity (Wildman–Crippen MR) is 165 cm³/mol. The third kappa shape index (κ3) is 9.54. The van der Waals surface area contributed by atoms with Crippen molar-refractivity contribution in [3.63, 3.8) is 0 Å². The Labute approximate surface area is 244 Å². The summed E-state index contributed by atoms with van der Waals surface area (Å²) in [5.41, 5.74) is 3.49. The molecule has 2 rings (SSSR count). The first kappa shape index (κ1) is 32.7. The lowest BCUT2D eigenvalue weighted by Crippen LogP contribution is -2.36. The van der Waals surface area contributed by atoms with E-state index in [9.17, 15) is 20.1 Å². The van der Waals surface area contributed by atoms with E-state index in [1.54, 1.807) is 6.08 Å². The number of rotatable bonds is 15. The van der Waals surface area contributed by atoms with Gasteiger partial charge in [0.25, 0.3) is 5.91 Å². The summed E-state index contributed by atoms with van der Waals surface area (Å²) in [6.45, 7) is 14.2. The van der Waals surface area contributed by atoms with Crippen LogP contribution in [0.15, 0.2) is 59.7 Å². The number of carbonyl (C=O) groups is 2. The fraction of sp³-hybridized carbons (Fsp3) is 0.394. The topological polar surface area (TPSA) is 101 Å². The Kier molecular flexibility index (Phi) is 13.7. The van der Waals surface area contributed by atoms with Gasteiger partial charge in [0.15, 0.2) is 0 Å². The number of esters is 1. The number of ether oxygens (including phenoxy) is 1. The van der Waals surface area contributed by atoms with Gasteiger partial charge in [0, 0.05) is 44.1 Å². The SMILES string of the molecule is CCCN(CCOC(=O)/C(C#N)=C/c1ccc(N(CC)CC)cc1)C(=O)/C(C#N)=C/c1ccc(N(CC)CC)cc1. The van der Waals surface area contributed by atoms with Crippen LogP contribution in [0, 0.1) is 22.7 Å². The summed E-state index contributed by atoms with van der Waals surface area (Å²) < 4.78 is 5.34. The van der Waals surface area contributed by atoms with Crippen LogP contribution in [0.3, 0.4) is 0 Å². The number of benzene rings is 2. The first-order valence-electron chi connectivity index (χ1n) is 14.2. The minimum atomic E-state index is -0.756. The van der Waals surface area contributed by atoms with E-state index in [2.05, 4.69) is 37.5 Å². The van der Waals surface area contributed by atoms with Gasteiger partial charge < -0.3 is 19.4 Å². The Bertz CT molecular complexity index is 1280. The van der Waals surface area contributed by atoms with Gasteiger partial charge in [-0.2, -0.15) is 10.5 Å². The summed E-state index contributed by atoms with van der Waals surface area (Å²) in [5.74, 6) is -1.18. The zero-order valence-corrected chi connectivity index (χ0v) is 24.9. The highest BCUT2D eigenvalue weighted by Gasteiger charge is 2.19. The number of amides is 1. The van der Waals surface area contributed by atoms with Gasteiger partial charge in [0.05, 0.1) is 6.54 Å². The van der Waals surface area contributed by atoms with E-state index < -0.39 is 11.9 Å². The van der Waals surface area contributed by atoms with E-state index in [0.29, 0.717) is 18.5 Å². The molecular formula is C33H41N5O3. The lowest BCUT2D eigenvalue weighted by atomic mass is 10.1. The Morgan fingerprint density at radius 3 is 1.54 bits per heavy atom. The van der Waals surface area contributed by atoms with E-state index in [1.165, 1.54) is 11.0 Å². The zero-order valence-electron chi connectivity index (χ0n) is 24.9. The normalized spacial score (nSPS) is 11.3. The van der Waals surface area contributed by atoms with Gasteiger partial charge in [0.1, 0.15) is 29.9 Å². The van der Waals surface area contributed by atoms with E-state index in [0.717, 1.165) is 43.1 Å². The second-order valence-electron chi connectivity index (χ2n) is 9.30. The molecule has 0 bridgehead atoms. The van der Waals surface area contributed by atoms with Crippen LogP contribution in [0.4, 0.5) is 11.4 Å². The molecule has 0 aromatic heterocycles. The average molecular weight is 556 g/mol. The van der Waals surface area contributed by atoms with Gasteiger partial charge in [0.2, 0.25) is 0 Å². The summed E-state index contributed by atoms with van der Waals surface area (Å²) in [7, 11) is 0.